The number of aromatic nitrogens is 5. The fraction of sp³-hybridized carbons (Fsp3) is 0.0377. The lowest BCUT2D eigenvalue weighted by molar-refractivity contribution is 0.854. The maximum atomic E-state index is 5.25. The van der Waals surface area contributed by atoms with Crippen molar-refractivity contribution >= 4 is 38.3 Å². The van der Waals surface area contributed by atoms with E-state index in [4.69, 9.17) is 15.0 Å². The van der Waals surface area contributed by atoms with Crippen LogP contribution < -0.4 is 0 Å². The SMILES string of the molecule is C1=CC(c2nc(-c3cccc(-c4ccccc4)c3)nc(-c3cccc(-n4c5ccccc5c5ccc6ccn(-c7ccccc7)c6c54)c3)n2)=CC(c2ccccc2)C1. The van der Waals surface area contributed by atoms with Gasteiger partial charge in [-0.25, -0.2) is 15.0 Å². The zero-order chi connectivity index (χ0) is 38.4. The first-order valence-electron chi connectivity index (χ1n) is 19.8. The third kappa shape index (κ3) is 5.92. The van der Waals surface area contributed by atoms with Gasteiger partial charge in [0.05, 0.1) is 16.6 Å². The molecule has 5 heteroatoms. The number of hydrogen-bond acceptors (Lipinski definition) is 3. The van der Waals surface area contributed by atoms with Crippen LogP contribution in [0.25, 0.3) is 83.6 Å². The summed E-state index contributed by atoms with van der Waals surface area (Å²) in [7, 11) is 0. The van der Waals surface area contributed by atoms with E-state index in [-0.39, 0.29) is 5.92 Å². The molecule has 3 heterocycles. The van der Waals surface area contributed by atoms with E-state index in [2.05, 4.69) is 209 Å². The van der Waals surface area contributed by atoms with E-state index in [1.807, 2.05) is 6.07 Å². The van der Waals surface area contributed by atoms with Crippen LogP contribution in [0.3, 0.4) is 0 Å². The molecule has 0 fully saturated rings. The molecule has 0 saturated heterocycles. The molecule has 0 aliphatic heterocycles. The summed E-state index contributed by atoms with van der Waals surface area (Å²) in [6.07, 6.45) is 9.81. The maximum Gasteiger partial charge on any atom is 0.164 e. The van der Waals surface area contributed by atoms with Gasteiger partial charge in [-0.05, 0) is 65.6 Å². The fourth-order valence-electron chi connectivity index (χ4n) is 8.52. The van der Waals surface area contributed by atoms with Crippen LogP contribution in [0.15, 0.2) is 206 Å². The molecule has 0 amide bonds. The molecule has 1 atom stereocenters. The van der Waals surface area contributed by atoms with Crippen molar-refractivity contribution in [3.8, 4) is 45.3 Å². The molecule has 1 aliphatic rings. The Morgan fingerprint density at radius 1 is 0.466 bits per heavy atom. The molecule has 274 valence electrons. The van der Waals surface area contributed by atoms with Crippen molar-refractivity contribution < 1.29 is 0 Å². The summed E-state index contributed by atoms with van der Waals surface area (Å²) in [5.41, 5.74) is 12.0. The maximum absolute atomic E-state index is 5.25. The standard InChI is InChI=1S/C53H37N5/c1-4-15-36(16-5-1)39-19-12-21-41(33-39)51-54-52(42-22-13-20-40(34-42)37-17-6-2-7-18-37)56-53(55-51)43-23-14-26-45(35-43)58-48-28-11-10-27-46(48)47-30-29-38-31-32-57(49(38)50(47)58)44-24-8-3-9-25-44/h1-19,21-35,40H,20H2. The zero-order valence-electron chi connectivity index (χ0n) is 31.7. The van der Waals surface area contributed by atoms with Gasteiger partial charge in [-0.1, -0.05) is 158 Å². The van der Waals surface area contributed by atoms with E-state index in [9.17, 15) is 0 Å². The largest absolute Gasteiger partial charge is 0.315 e. The van der Waals surface area contributed by atoms with Crippen molar-refractivity contribution in [2.45, 2.75) is 12.3 Å². The summed E-state index contributed by atoms with van der Waals surface area (Å²) in [4.78, 5) is 15.7. The molecule has 5 nitrogen and oxygen atoms in total. The molecule has 11 rings (SSSR count). The molecule has 58 heavy (non-hydrogen) atoms. The summed E-state index contributed by atoms with van der Waals surface area (Å²) >= 11 is 0. The van der Waals surface area contributed by atoms with Crippen molar-refractivity contribution in [3.05, 3.63) is 218 Å². The lowest BCUT2D eigenvalue weighted by Crippen LogP contribution is -2.06. The van der Waals surface area contributed by atoms with Gasteiger partial charge in [0.15, 0.2) is 17.5 Å². The van der Waals surface area contributed by atoms with Gasteiger partial charge < -0.3 is 9.13 Å². The molecule has 7 aromatic carbocycles. The number of hydrogen-bond donors (Lipinski definition) is 0. The van der Waals surface area contributed by atoms with Crippen LogP contribution in [0.2, 0.25) is 0 Å². The first-order chi connectivity index (χ1) is 28.7. The number of benzene rings is 7. The third-order valence-electron chi connectivity index (χ3n) is 11.3. The fourth-order valence-corrected chi connectivity index (χ4v) is 8.52. The molecule has 1 unspecified atom stereocenters. The highest BCUT2D eigenvalue weighted by molar-refractivity contribution is 6.18. The first kappa shape index (κ1) is 33.7. The normalized spacial score (nSPS) is 14.0. The third-order valence-corrected chi connectivity index (χ3v) is 11.3. The van der Waals surface area contributed by atoms with Crippen LogP contribution in [-0.2, 0) is 0 Å². The van der Waals surface area contributed by atoms with Crippen molar-refractivity contribution in [1.82, 2.24) is 24.1 Å². The van der Waals surface area contributed by atoms with Crippen LogP contribution in [0, 0.1) is 0 Å². The minimum atomic E-state index is 0.233. The lowest BCUT2D eigenvalue weighted by Gasteiger charge is -2.17. The van der Waals surface area contributed by atoms with Gasteiger partial charge >= 0.3 is 0 Å². The minimum absolute atomic E-state index is 0.233. The molecule has 3 aromatic heterocycles. The minimum Gasteiger partial charge on any atom is -0.315 e. The second kappa shape index (κ2) is 14.1. The summed E-state index contributed by atoms with van der Waals surface area (Å²) in [6.45, 7) is 0. The summed E-state index contributed by atoms with van der Waals surface area (Å²) in [6, 6.07) is 64.2. The van der Waals surface area contributed by atoms with E-state index < -0.39 is 0 Å². The Morgan fingerprint density at radius 3 is 1.91 bits per heavy atom. The average Bonchev–Trinajstić information content (AvgIpc) is 3.90. The number of fused-ring (bicyclic) bond motifs is 5. The van der Waals surface area contributed by atoms with Crippen LogP contribution in [0.1, 0.15) is 23.7 Å². The van der Waals surface area contributed by atoms with Crippen molar-refractivity contribution in [2.24, 2.45) is 0 Å². The van der Waals surface area contributed by atoms with Crippen LogP contribution in [0.5, 0.6) is 0 Å². The van der Waals surface area contributed by atoms with Gasteiger partial charge in [-0.3, -0.25) is 0 Å². The lowest BCUT2D eigenvalue weighted by atomic mass is 9.89. The quantitative estimate of drug-likeness (QED) is 0.163. The first-order valence-corrected chi connectivity index (χ1v) is 19.8. The van der Waals surface area contributed by atoms with E-state index >= 15 is 0 Å². The Bertz CT molecular complexity index is 3190. The number of nitrogens with zero attached hydrogens (tertiary/aromatic N) is 5. The number of rotatable bonds is 7. The molecule has 0 bridgehead atoms. The number of allylic oxidation sites excluding steroid dienone is 4. The highest BCUT2D eigenvalue weighted by Crippen LogP contribution is 2.39. The van der Waals surface area contributed by atoms with Gasteiger partial charge in [-0.2, -0.15) is 0 Å². The van der Waals surface area contributed by atoms with Crippen LogP contribution in [-0.4, -0.2) is 24.1 Å². The van der Waals surface area contributed by atoms with Crippen molar-refractivity contribution in [3.63, 3.8) is 0 Å². The smallest absolute Gasteiger partial charge is 0.164 e. The predicted octanol–water partition coefficient (Wildman–Crippen LogP) is 13.0. The van der Waals surface area contributed by atoms with E-state index in [1.54, 1.807) is 0 Å². The summed E-state index contributed by atoms with van der Waals surface area (Å²) < 4.78 is 4.71. The Labute approximate surface area is 336 Å². The monoisotopic (exact) mass is 743 g/mol. The van der Waals surface area contributed by atoms with Gasteiger partial charge in [-0.15, -0.1) is 0 Å². The average molecular weight is 744 g/mol. The van der Waals surface area contributed by atoms with Gasteiger partial charge in [0.25, 0.3) is 0 Å². The predicted molar refractivity (Wildman–Crippen MR) is 238 cm³/mol. The van der Waals surface area contributed by atoms with Crippen LogP contribution in [0.4, 0.5) is 0 Å². The number of para-hydroxylation sites is 2. The van der Waals surface area contributed by atoms with E-state index in [0.717, 1.165) is 62.2 Å². The molecular weight excluding hydrogens is 707 g/mol. The van der Waals surface area contributed by atoms with E-state index in [0.29, 0.717) is 17.5 Å². The van der Waals surface area contributed by atoms with Gasteiger partial charge in [0.2, 0.25) is 0 Å². The Hall–Kier alpha value is -7.63. The molecule has 0 spiro atoms. The summed E-state index contributed by atoms with van der Waals surface area (Å²) in [5.74, 6) is 2.16. The second-order valence-electron chi connectivity index (χ2n) is 14.9. The van der Waals surface area contributed by atoms with Gasteiger partial charge in [0.1, 0.15) is 0 Å². The Morgan fingerprint density at radius 2 is 1.10 bits per heavy atom. The molecular formula is C53H37N5. The molecule has 0 saturated carbocycles. The Balaban J connectivity index is 1.11. The molecule has 0 radical (unpaired) electrons. The van der Waals surface area contributed by atoms with Crippen molar-refractivity contribution in [1.29, 1.82) is 0 Å². The second-order valence-corrected chi connectivity index (χ2v) is 14.9. The van der Waals surface area contributed by atoms with Gasteiger partial charge in [0, 0.05) is 56.3 Å². The molecule has 1 aliphatic carbocycles. The highest BCUT2D eigenvalue weighted by Gasteiger charge is 2.21. The molecule has 0 N–H and O–H groups in total. The summed E-state index contributed by atoms with van der Waals surface area (Å²) in [5, 5.41) is 3.60. The zero-order valence-corrected chi connectivity index (χ0v) is 31.7. The Kier molecular flexibility index (Phi) is 8.21. The highest BCUT2D eigenvalue weighted by atomic mass is 15.0. The topological polar surface area (TPSA) is 48.5 Å². The van der Waals surface area contributed by atoms with Crippen LogP contribution >= 0.6 is 0 Å². The van der Waals surface area contributed by atoms with E-state index in [1.165, 1.54) is 21.7 Å². The molecule has 10 aromatic rings. The van der Waals surface area contributed by atoms with Crippen molar-refractivity contribution in [2.75, 3.05) is 0 Å².